The second kappa shape index (κ2) is 16.0. The molecule has 4 aromatic rings. The van der Waals surface area contributed by atoms with Crippen LogP contribution >= 0.6 is 0 Å². The number of alkyl halides is 9. The van der Waals surface area contributed by atoms with Crippen LogP contribution in [0.4, 0.5) is 45.5 Å². The maximum absolute atomic E-state index is 14.0. The van der Waals surface area contributed by atoms with Crippen molar-refractivity contribution >= 4 is 11.9 Å². The first-order chi connectivity index (χ1) is 22.8. The maximum atomic E-state index is 14.0. The second-order valence-corrected chi connectivity index (χ2v) is 11.4. The molecule has 0 aliphatic rings. The van der Waals surface area contributed by atoms with E-state index in [1.165, 1.54) is 13.2 Å². The number of hydrogen-bond acceptors (Lipinski definition) is 7. The van der Waals surface area contributed by atoms with Gasteiger partial charge in [-0.25, -0.2) is 0 Å². The number of aromatic nitrogens is 4. The minimum atomic E-state index is -5.16. The number of methoxy groups -OCH3 is 1. The Morgan fingerprint density at radius 3 is 2.00 bits per heavy atom. The van der Waals surface area contributed by atoms with E-state index >= 15 is 0 Å². The zero-order valence-corrected chi connectivity index (χ0v) is 29.2. The topological polar surface area (TPSA) is 96.2 Å². The van der Waals surface area contributed by atoms with Crippen molar-refractivity contribution in [2.45, 2.75) is 70.8 Å². The Morgan fingerprint density at radius 1 is 0.840 bits per heavy atom. The van der Waals surface area contributed by atoms with Crippen LogP contribution in [0.25, 0.3) is 11.1 Å². The van der Waals surface area contributed by atoms with E-state index in [1.807, 2.05) is 13.8 Å². The van der Waals surface area contributed by atoms with Crippen LogP contribution in [0.15, 0.2) is 54.6 Å². The first-order valence-corrected chi connectivity index (χ1v) is 14.7. The van der Waals surface area contributed by atoms with E-state index in [0.717, 1.165) is 27.4 Å². The summed E-state index contributed by atoms with van der Waals surface area (Å²) >= 11 is 0. The third-order valence-corrected chi connectivity index (χ3v) is 7.46. The minimum absolute atomic E-state index is 0. The van der Waals surface area contributed by atoms with Gasteiger partial charge in [0.2, 0.25) is 0 Å². The molecule has 0 unspecified atom stereocenters. The van der Waals surface area contributed by atoms with Crippen molar-refractivity contribution in [2.24, 2.45) is 0 Å². The number of benzene rings is 3. The van der Waals surface area contributed by atoms with Crippen LogP contribution in [-0.4, -0.2) is 33.3 Å². The van der Waals surface area contributed by atoms with Gasteiger partial charge in [0.05, 0.1) is 30.3 Å². The van der Waals surface area contributed by atoms with Gasteiger partial charge in [0.25, 0.3) is 5.95 Å². The summed E-state index contributed by atoms with van der Waals surface area (Å²) in [5.41, 5.74) is -3.36. The van der Waals surface area contributed by atoms with Gasteiger partial charge in [-0.3, -0.25) is 0 Å². The zero-order valence-electron chi connectivity index (χ0n) is 27.2. The minimum Gasteiger partial charge on any atom is -0.550 e. The molecule has 1 aromatic heterocycles. The van der Waals surface area contributed by atoms with Gasteiger partial charge < -0.3 is 19.5 Å². The van der Waals surface area contributed by atoms with Gasteiger partial charge >= 0.3 is 48.1 Å². The van der Waals surface area contributed by atoms with Crippen LogP contribution in [0.2, 0.25) is 0 Å². The van der Waals surface area contributed by atoms with Gasteiger partial charge in [-0.15, -0.1) is 5.10 Å². The van der Waals surface area contributed by atoms with Crippen LogP contribution < -0.4 is 44.3 Å². The molecule has 0 fully saturated rings. The molecule has 0 radical (unpaired) electrons. The summed E-state index contributed by atoms with van der Waals surface area (Å²) in [7, 11) is 1.36. The molecule has 0 saturated heterocycles. The van der Waals surface area contributed by atoms with Crippen LogP contribution in [0.3, 0.4) is 0 Å². The largest absolute Gasteiger partial charge is 1.00 e. The third kappa shape index (κ3) is 10.4. The third-order valence-electron chi connectivity index (χ3n) is 7.46. The normalized spacial score (nSPS) is 12.2. The molecular weight excluding hydrogens is 696 g/mol. The first kappa shape index (κ1) is 40.6. The average Bonchev–Trinajstić information content (AvgIpc) is 3.47. The van der Waals surface area contributed by atoms with Crippen molar-refractivity contribution in [1.82, 2.24) is 20.2 Å². The fraction of sp³-hybridized carbons (Fsp3) is 0.375. The van der Waals surface area contributed by atoms with E-state index in [1.54, 1.807) is 18.2 Å². The van der Waals surface area contributed by atoms with Gasteiger partial charge in [-0.05, 0) is 88.7 Å². The Kier molecular flexibility index (Phi) is 13.0. The standard InChI is InChI=1S/C32H30F9N5O3.Na/c1-18(2)20-6-9-27(49-3)26(14-20)25-8-7-22(30(33,34)35)13-21(25)17-45(29-42-44-46(43-29)10-4-5-28(47)48)16-19-11-23(31(36,37)38)15-24(12-19)32(39,40)41;/h6-9,11-15,18H,4-5,10,16-17H2,1-3H3,(H,47,48);/q;+1/p-1. The van der Waals surface area contributed by atoms with Gasteiger partial charge in [-0.2, -0.15) is 44.3 Å². The van der Waals surface area contributed by atoms with E-state index < -0.39 is 59.8 Å². The van der Waals surface area contributed by atoms with Crippen molar-refractivity contribution in [3.8, 4) is 16.9 Å². The molecule has 0 saturated carbocycles. The van der Waals surface area contributed by atoms with Crippen LogP contribution in [-0.2, 0) is 43.0 Å². The maximum Gasteiger partial charge on any atom is 1.00 e. The number of carbonyl (C=O) groups is 1. The number of carbonyl (C=O) groups excluding carboxylic acids is 1. The van der Waals surface area contributed by atoms with E-state index in [0.29, 0.717) is 23.4 Å². The fourth-order valence-electron chi connectivity index (χ4n) is 5.01. The van der Waals surface area contributed by atoms with Crippen molar-refractivity contribution < 1.29 is 83.7 Å². The number of carboxylic acids is 1. The molecule has 0 aliphatic heterocycles. The smallest absolute Gasteiger partial charge is 0.550 e. The number of aryl methyl sites for hydroxylation is 1. The second-order valence-electron chi connectivity index (χ2n) is 11.4. The quantitative estimate of drug-likeness (QED) is 0.159. The molecule has 0 spiro atoms. The number of rotatable bonds is 12. The number of ether oxygens (including phenoxy) is 1. The average molecular weight is 726 g/mol. The Hall–Kier alpha value is -3.83. The summed E-state index contributed by atoms with van der Waals surface area (Å²) in [6, 6.07) is 8.94. The van der Waals surface area contributed by atoms with Crippen LogP contribution in [0, 0.1) is 0 Å². The summed E-state index contributed by atoms with van der Waals surface area (Å²) < 4.78 is 130. The van der Waals surface area contributed by atoms with E-state index in [9.17, 15) is 49.4 Å². The van der Waals surface area contributed by atoms with Crippen molar-refractivity contribution in [3.05, 3.63) is 88.0 Å². The summed E-state index contributed by atoms with van der Waals surface area (Å²) in [6.45, 7) is 2.41. The monoisotopic (exact) mass is 725 g/mol. The van der Waals surface area contributed by atoms with Gasteiger partial charge in [0, 0.05) is 24.6 Å². The summed E-state index contributed by atoms with van der Waals surface area (Å²) in [4.78, 5) is 12.8. The van der Waals surface area contributed by atoms with E-state index in [2.05, 4.69) is 15.4 Å². The van der Waals surface area contributed by atoms with Crippen molar-refractivity contribution in [2.75, 3.05) is 12.0 Å². The number of aliphatic carboxylic acids is 1. The molecule has 3 aromatic carbocycles. The molecule has 0 bridgehead atoms. The summed E-state index contributed by atoms with van der Waals surface area (Å²) in [6.07, 6.45) is -15.5. The Labute approximate surface area is 302 Å². The van der Waals surface area contributed by atoms with Crippen LogP contribution in [0.5, 0.6) is 5.75 Å². The Morgan fingerprint density at radius 2 is 1.46 bits per heavy atom. The number of anilines is 1. The van der Waals surface area contributed by atoms with Gasteiger partial charge in [0.15, 0.2) is 0 Å². The molecule has 50 heavy (non-hydrogen) atoms. The molecule has 0 atom stereocenters. The Bertz CT molecular complexity index is 1760. The molecule has 8 nitrogen and oxygen atoms in total. The van der Waals surface area contributed by atoms with Crippen molar-refractivity contribution in [3.63, 3.8) is 0 Å². The zero-order chi connectivity index (χ0) is 36.3. The van der Waals surface area contributed by atoms with E-state index in [-0.39, 0.29) is 78.0 Å². The molecule has 1 heterocycles. The number of hydrogen-bond donors (Lipinski definition) is 0. The van der Waals surface area contributed by atoms with E-state index in [4.69, 9.17) is 4.74 Å². The molecule has 0 aliphatic carbocycles. The SMILES string of the molecule is COc1ccc(C(C)C)cc1-c1ccc(C(F)(F)F)cc1CN(Cc1cc(C(F)(F)F)cc(C(F)(F)F)c1)c1nnn(CCCC(=O)[O-])n1.[Na+]. The van der Waals surface area contributed by atoms with Gasteiger partial charge in [0.1, 0.15) is 5.75 Å². The fourth-order valence-corrected chi connectivity index (χ4v) is 5.01. The number of nitrogens with zero attached hydrogens (tertiary/aromatic N) is 5. The number of halogens is 9. The van der Waals surface area contributed by atoms with Gasteiger partial charge in [-0.1, -0.05) is 31.1 Å². The molecule has 4 rings (SSSR count). The number of carboxylic acid groups (broad SMARTS) is 1. The summed E-state index contributed by atoms with van der Waals surface area (Å²) in [5, 5.41) is 22.6. The molecule has 18 heteroatoms. The molecular formula is C32H29F9N5NaO3. The first-order valence-electron chi connectivity index (χ1n) is 14.7. The summed E-state index contributed by atoms with van der Waals surface area (Å²) in [5.74, 6) is -1.42. The molecule has 0 N–H and O–H groups in total. The predicted molar refractivity (Wildman–Crippen MR) is 156 cm³/mol. The Balaban J connectivity index is 0.00000676. The predicted octanol–water partition coefficient (Wildman–Crippen LogP) is 4.27. The molecule has 264 valence electrons. The van der Waals surface area contributed by atoms with Crippen LogP contribution in [0.1, 0.15) is 66.0 Å². The van der Waals surface area contributed by atoms with Crippen molar-refractivity contribution in [1.29, 1.82) is 0 Å². The number of tetrazole rings is 1. The molecule has 0 amide bonds.